The van der Waals surface area contributed by atoms with Crippen LogP contribution in [0.2, 0.25) is 5.02 Å². The minimum Gasteiger partial charge on any atom is -0.361 e. The van der Waals surface area contributed by atoms with E-state index >= 15 is 0 Å². The van der Waals surface area contributed by atoms with Gasteiger partial charge in [0.2, 0.25) is 0 Å². The number of rotatable bonds is 3. The molecule has 0 radical (unpaired) electrons. The number of aliphatic imine (C=N–C) groups is 1. The molecule has 7 heteroatoms. The van der Waals surface area contributed by atoms with E-state index < -0.39 is 0 Å². The Bertz CT molecular complexity index is 695. The SMILES string of the molecule is CC1CN=C(C(=O)Nc2nc(-c3ccc(Cl)cc3)cs2)N1. The number of amides is 1. The second-order valence-corrected chi connectivity index (χ2v) is 6.03. The molecule has 1 aliphatic rings. The molecule has 2 N–H and O–H groups in total. The highest BCUT2D eigenvalue weighted by Crippen LogP contribution is 2.25. The summed E-state index contributed by atoms with van der Waals surface area (Å²) >= 11 is 7.24. The van der Waals surface area contributed by atoms with Crippen molar-refractivity contribution in [3.63, 3.8) is 0 Å². The Morgan fingerprint density at radius 3 is 2.86 bits per heavy atom. The van der Waals surface area contributed by atoms with E-state index in [2.05, 4.69) is 20.6 Å². The zero-order valence-corrected chi connectivity index (χ0v) is 12.8. The summed E-state index contributed by atoms with van der Waals surface area (Å²) in [5.41, 5.74) is 1.77. The first kappa shape index (κ1) is 14.0. The minimum absolute atomic E-state index is 0.201. The monoisotopic (exact) mass is 320 g/mol. The lowest BCUT2D eigenvalue weighted by molar-refractivity contribution is -0.110. The second-order valence-electron chi connectivity index (χ2n) is 4.73. The Kier molecular flexibility index (Phi) is 3.90. The van der Waals surface area contributed by atoms with Crippen LogP contribution in [0.25, 0.3) is 11.3 Å². The fourth-order valence-electron chi connectivity index (χ4n) is 1.93. The van der Waals surface area contributed by atoms with E-state index in [1.807, 2.05) is 36.6 Å². The van der Waals surface area contributed by atoms with Crippen molar-refractivity contribution in [2.45, 2.75) is 13.0 Å². The van der Waals surface area contributed by atoms with Gasteiger partial charge in [-0.1, -0.05) is 23.7 Å². The fourth-order valence-corrected chi connectivity index (χ4v) is 2.77. The standard InChI is InChI=1S/C14H13ClN4OS/c1-8-6-16-12(17-8)13(20)19-14-18-11(7-21-14)9-2-4-10(15)5-3-9/h2-5,7-8H,6H2,1H3,(H,16,17)(H,18,19,20). The Morgan fingerprint density at radius 1 is 1.43 bits per heavy atom. The molecule has 0 fully saturated rings. The molecule has 21 heavy (non-hydrogen) atoms. The van der Waals surface area contributed by atoms with Crippen molar-refractivity contribution in [2.75, 3.05) is 11.9 Å². The highest BCUT2D eigenvalue weighted by atomic mass is 35.5. The predicted octanol–water partition coefficient (Wildman–Crippen LogP) is 2.79. The third-order valence-electron chi connectivity index (χ3n) is 2.99. The number of nitrogens with zero attached hydrogens (tertiary/aromatic N) is 2. The minimum atomic E-state index is -0.253. The van der Waals surface area contributed by atoms with Crippen molar-refractivity contribution in [1.29, 1.82) is 0 Å². The van der Waals surface area contributed by atoms with Crippen LogP contribution in [0, 0.1) is 0 Å². The van der Waals surface area contributed by atoms with Crippen LogP contribution < -0.4 is 10.6 Å². The number of anilines is 1. The van der Waals surface area contributed by atoms with Crippen LogP contribution in [0.4, 0.5) is 5.13 Å². The fraction of sp³-hybridized carbons (Fsp3) is 0.214. The van der Waals surface area contributed by atoms with Crippen molar-refractivity contribution in [1.82, 2.24) is 10.3 Å². The van der Waals surface area contributed by atoms with Crippen LogP contribution in [-0.2, 0) is 4.79 Å². The summed E-state index contributed by atoms with van der Waals surface area (Å²) in [6.45, 7) is 2.60. The van der Waals surface area contributed by atoms with Gasteiger partial charge in [0.1, 0.15) is 0 Å². The molecule has 108 valence electrons. The first-order valence-corrected chi connectivity index (χ1v) is 7.71. The highest BCUT2D eigenvalue weighted by Gasteiger charge is 2.20. The highest BCUT2D eigenvalue weighted by molar-refractivity contribution is 7.14. The topological polar surface area (TPSA) is 66.4 Å². The molecule has 0 spiro atoms. The Labute approximate surface area is 131 Å². The number of carbonyl (C=O) groups excluding carboxylic acids is 1. The number of benzene rings is 1. The molecule has 0 aliphatic carbocycles. The molecule has 0 bridgehead atoms. The molecule has 1 aliphatic heterocycles. The van der Waals surface area contributed by atoms with E-state index in [9.17, 15) is 4.79 Å². The molecule has 2 aromatic rings. The maximum absolute atomic E-state index is 12.0. The van der Waals surface area contributed by atoms with E-state index in [1.54, 1.807) is 0 Å². The number of amidine groups is 1. The average molecular weight is 321 g/mol. The summed E-state index contributed by atoms with van der Waals surface area (Å²) in [5, 5.41) is 8.90. The Balaban J connectivity index is 1.70. The molecular weight excluding hydrogens is 308 g/mol. The lowest BCUT2D eigenvalue weighted by Crippen LogP contribution is -2.36. The molecule has 1 amide bonds. The van der Waals surface area contributed by atoms with Crippen LogP contribution in [0.15, 0.2) is 34.6 Å². The third kappa shape index (κ3) is 3.22. The van der Waals surface area contributed by atoms with Gasteiger partial charge < -0.3 is 5.32 Å². The first-order valence-electron chi connectivity index (χ1n) is 6.45. The second kappa shape index (κ2) is 5.83. The lowest BCUT2D eigenvalue weighted by Gasteiger charge is -2.04. The van der Waals surface area contributed by atoms with Crippen molar-refractivity contribution in [3.8, 4) is 11.3 Å². The van der Waals surface area contributed by atoms with Crippen molar-refractivity contribution >= 4 is 39.8 Å². The predicted molar refractivity (Wildman–Crippen MR) is 86.1 cm³/mol. The van der Waals surface area contributed by atoms with E-state index in [4.69, 9.17) is 11.6 Å². The van der Waals surface area contributed by atoms with Gasteiger partial charge >= 0.3 is 0 Å². The zero-order valence-electron chi connectivity index (χ0n) is 11.3. The van der Waals surface area contributed by atoms with E-state index in [-0.39, 0.29) is 11.9 Å². The van der Waals surface area contributed by atoms with Gasteiger partial charge in [0.05, 0.1) is 12.2 Å². The molecule has 1 aromatic carbocycles. The number of nitrogens with one attached hydrogen (secondary N) is 2. The maximum Gasteiger partial charge on any atom is 0.292 e. The van der Waals surface area contributed by atoms with Gasteiger partial charge in [-0.05, 0) is 19.1 Å². The van der Waals surface area contributed by atoms with Crippen molar-refractivity contribution in [2.24, 2.45) is 4.99 Å². The summed E-state index contributed by atoms with van der Waals surface area (Å²) in [5.74, 6) is 0.113. The summed E-state index contributed by atoms with van der Waals surface area (Å²) in [4.78, 5) is 20.5. The molecule has 5 nitrogen and oxygen atoms in total. The Morgan fingerprint density at radius 2 is 2.19 bits per heavy atom. The van der Waals surface area contributed by atoms with E-state index in [1.165, 1.54) is 11.3 Å². The average Bonchev–Trinajstić information content (AvgIpc) is 3.09. The molecular formula is C14H13ClN4OS. The number of hydrogen-bond acceptors (Lipinski definition) is 5. The summed E-state index contributed by atoms with van der Waals surface area (Å²) in [6, 6.07) is 7.62. The van der Waals surface area contributed by atoms with Gasteiger partial charge in [-0.25, -0.2) is 4.98 Å². The smallest absolute Gasteiger partial charge is 0.292 e. The molecule has 1 unspecified atom stereocenters. The van der Waals surface area contributed by atoms with Crippen molar-refractivity contribution in [3.05, 3.63) is 34.7 Å². The largest absolute Gasteiger partial charge is 0.361 e. The Hall–Kier alpha value is -1.92. The molecule has 1 aromatic heterocycles. The molecule has 3 rings (SSSR count). The summed E-state index contributed by atoms with van der Waals surface area (Å²) in [7, 11) is 0. The van der Waals surface area contributed by atoms with Gasteiger partial charge in [-0.2, -0.15) is 0 Å². The maximum atomic E-state index is 12.0. The van der Waals surface area contributed by atoms with E-state index in [0.29, 0.717) is 22.5 Å². The van der Waals surface area contributed by atoms with Gasteiger partial charge in [-0.3, -0.25) is 15.1 Å². The first-order chi connectivity index (χ1) is 10.1. The van der Waals surface area contributed by atoms with Crippen LogP contribution in [-0.4, -0.2) is 29.3 Å². The third-order valence-corrected chi connectivity index (χ3v) is 4.00. The molecule has 1 atom stereocenters. The van der Waals surface area contributed by atoms with Crippen molar-refractivity contribution < 1.29 is 4.79 Å². The van der Waals surface area contributed by atoms with Crippen LogP contribution >= 0.6 is 22.9 Å². The van der Waals surface area contributed by atoms with Gasteiger partial charge in [0.25, 0.3) is 5.91 Å². The summed E-state index contributed by atoms with van der Waals surface area (Å²) < 4.78 is 0. The summed E-state index contributed by atoms with van der Waals surface area (Å²) in [6.07, 6.45) is 0. The molecule has 2 heterocycles. The van der Waals surface area contributed by atoms with Crippen LogP contribution in [0.5, 0.6) is 0 Å². The zero-order chi connectivity index (χ0) is 14.8. The molecule has 0 saturated carbocycles. The quantitative estimate of drug-likeness (QED) is 0.914. The van der Waals surface area contributed by atoms with E-state index in [0.717, 1.165) is 11.3 Å². The molecule has 0 saturated heterocycles. The number of halogens is 1. The van der Waals surface area contributed by atoms with Crippen LogP contribution in [0.1, 0.15) is 6.92 Å². The number of hydrogen-bond donors (Lipinski definition) is 2. The number of thiazole rings is 1. The van der Waals surface area contributed by atoms with Gasteiger partial charge in [0.15, 0.2) is 11.0 Å². The number of aromatic nitrogens is 1. The van der Waals surface area contributed by atoms with Crippen LogP contribution in [0.3, 0.4) is 0 Å². The number of carbonyl (C=O) groups is 1. The van der Waals surface area contributed by atoms with Gasteiger partial charge in [0, 0.05) is 22.0 Å². The van der Waals surface area contributed by atoms with Gasteiger partial charge in [-0.15, -0.1) is 11.3 Å². The lowest BCUT2D eigenvalue weighted by atomic mass is 10.2. The normalized spacial score (nSPS) is 17.2.